The third kappa shape index (κ3) is 4.29. The minimum Gasteiger partial charge on any atom is -0.379 e. The van der Waals surface area contributed by atoms with Crippen LogP contribution >= 0.6 is 0 Å². The Bertz CT molecular complexity index is 582. The molecule has 1 atom stereocenters. The van der Waals surface area contributed by atoms with Gasteiger partial charge in [0, 0.05) is 32.0 Å². The Morgan fingerprint density at radius 1 is 1.30 bits per heavy atom. The van der Waals surface area contributed by atoms with E-state index in [1.54, 1.807) is 6.20 Å². The van der Waals surface area contributed by atoms with Gasteiger partial charge in [-0.2, -0.15) is 0 Å². The molecule has 1 aliphatic heterocycles. The molecule has 2 heterocycles. The normalized spacial score (nSPS) is 22.3. The summed E-state index contributed by atoms with van der Waals surface area (Å²) in [6, 6.07) is 3.91. The van der Waals surface area contributed by atoms with E-state index in [1.165, 1.54) is 0 Å². The van der Waals surface area contributed by atoms with E-state index in [0.717, 1.165) is 44.3 Å². The number of nitrogens with zero attached hydrogens (tertiary/aromatic N) is 2. The molecule has 1 saturated carbocycles. The lowest BCUT2D eigenvalue weighted by atomic mass is 10.1. The summed E-state index contributed by atoms with van der Waals surface area (Å²) in [5.74, 6) is 0. The molecule has 3 rings (SSSR count). The zero-order valence-electron chi connectivity index (χ0n) is 13.4. The molecular formula is C16H25N3O3S. The van der Waals surface area contributed by atoms with Gasteiger partial charge in [0.15, 0.2) is 0 Å². The molecule has 0 amide bonds. The first-order chi connectivity index (χ1) is 11.2. The van der Waals surface area contributed by atoms with E-state index in [-0.39, 0.29) is 11.3 Å². The fourth-order valence-corrected chi connectivity index (χ4v) is 5.01. The highest BCUT2D eigenvalue weighted by molar-refractivity contribution is 7.90. The van der Waals surface area contributed by atoms with Crippen LogP contribution in [0.5, 0.6) is 0 Å². The second kappa shape index (κ2) is 7.70. The Balaban J connectivity index is 1.70. The van der Waals surface area contributed by atoms with Gasteiger partial charge < -0.3 is 4.74 Å². The van der Waals surface area contributed by atoms with Crippen LogP contribution in [-0.2, 0) is 14.8 Å². The molecule has 1 N–H and O–H groups in total. The van der Waals surface area contributed by atoms with Gasteiger partial charge in [0.2, 0.25) is 10.0 Å². The van der Waals surface area contributed by atoms with Crippen LogP contribution in [0.3, 0.4) is 0 Å². The van der Waals surface area contributed by atoms with E-state index < -0.39 is 10.0 Å². The van der Waals surface area contributed by atoms with Gasteiger partial charge in [0.05, 0.1) is 24.5 Å². The van der Waals surface area contributed by atoms with Crippen molar-refractivity contribution in [1.82, 2.24) is 14.6 Å². The second-order valence-electron chi connectivity index (χ2n) is 6.25. The van der Waals surface area contributed by atoms with E-state index in [2.05, 4.69) is 14.6 Å². The Morgan fingerprint density at radius 3 is 2.70 bits per heavy atom. The van der Waals surface area contributed by atoms with Crippen LogP contribution < -0.4 is 4.72 Å². The molecule has 0 aromatic carbocycles. The second-order valence-corrected chi connectivity index (χ2v) is 8.30. The predicted molar refractivity (Wildman–Crippen MR) is 88.5 cm³/mol. The van der Waals surface area contributed by atoms with Crippen LogP contribution in [0.25, 0.3) is 0 Å². The molecule has 0 spiro atoms. The van der Waals surface area contributed by atoms with E-state index in [9.17, 15) is 8.42 Å². The lowest BCUT2D eigenvalue weighted by Gasteiger charge is -2.34. The van der Waals surface area contributed by atoms with Gasteiger partial charge in [-0.1, -0.05) is 18.9 Å². The number of nitrogens with one attached hydrogen (secondary N) is 1. The van der Waals surface area contributed by atoms with Gasteiger partial charge in [-0.05, 0) is 24.5 Å². The topological polar surface area (TPSA) is 71.5 Å². The number of morpholine rings is 1. The summed E-state index contributed by atoms with van der Waals surface area (Å²) in [4.78, 5) is 6.46. The standard InChI is InChI=1S/C16H25N3O3S/c20-23(21,15-5-1-2-6-15)18-13-16(14-4-3-7-17-12-14)19-8-10-22-11-9-19/h3-4,7,12,15-16,18H,1-2,5-6,8-11,13H2. The van der Waals surface area contributed by atoms with Crippen molar-refractivity contribution in [2.75, 3.05) is 32.8 Å². The maximum Gasteiger partial charge on any atom is 0.214 e. The highest BCUT2D eigenvalue weighted by Crippen LogP contribution is 2.25. The van der Waals surface area contributed by atoms with Crippen molar-refractivity contribution in [3.05, 3.63) is 30.1 Å². The monoisotopic (exact) mass is 339 g/mol. The molecule has 2 aliphatic rings. The number of hydrogen-bond acceptors (Lipinski definition) is 5. The molecule has 7 heteroatoms. The van der Waals surface area contributed by atoms with Gasteiger partial charge in [-0.25, -0.2) is 13.1 Å². The third-order valence-electron chi connectivity index (χ3n) is 4.77. The van der Waals surface area contributed by atoms with Crippen molar-refractivity contribution in [1.29, 1.82) is 0 Å². The van der Waals surface area contributed by atoms with Crippen molar-refractivity contribution in [2.24, 2.45) is 0 Å². The summed E-state index contributed by atoms with van der Waals surface area (Å²) in [5, 5.41) is -0.221. The molecule has 2 fully saturated rings. The van der Waals surface area contributed by atoms with E-state index in [0.29, 0.717) is 19.8 Å². The SMILES string of the molecule is O=S(=O)(NCC(c1cccnc1)N1CCOCC1)C1CCCC1. The lowest BCUT2D eigenvalue weighted by molar-refractivity contribution is 0.0171. The van der Waals surface area contributed by atoms with Gasteiger partial charge in [-0.3, -0.25) is 9.88 Å². The average Bonchev–Trinajstić information content (AvgIpc) is 3.12. The van der Waals surface area contributed by atoms with Gasteiger partial charge in [0.25, 0.3) is 0 Å². The number of sulfonamides is 1. The van der Waals surface area contributed by atoms with Gasteiger partial charge in [0.1, 0.15) is 0 Å². The predicted octanol–water partition coefficient (Wildman–Crippen LogP) is 1.32. The molecule has 1 aromatic heterocycles. The Labute approximate surface area is 138 Å². The number of hydrogen-bond donors (Lipinski definition) is 1. The largest absolute Gasteiger partial charge is 0.379 e. The molecule has 1 saturated heterocycles. The van der Waals surface area contributed by atoms with Crippen LogP contribution in [-0.4, -0.2) is 56.4 Å². The summed E-state index contributed by atoms with van der Waals surface area (Å²) in [6.45, 7) is 3.39. The highest BCUT2D eigenvalue weighted by atomic mass is 32.2. The summed E-state index contributed by atoms with van der Waals surface area (Å²) < 4.78 is 33.2. The van der Waals surface area contributed by atoms with Gasteiger partial charge >= 0.3 is 0 Å². The average molecular weight is 339 g/mol. The molecule has 1 unspecified atom stereocenters. The number of rotatable bonds is 6. The summed E-state index contributed by atoms with van der Waals surface area (Å²) in [5.41, 5.74) is 1.04. The highest BCUT2D eigenvalue weighted by Gasteiger charge is 2.30. The maximum absolute atomic E-state index is 12.5. The first kappa shape index (κ1) is 16.8. The van der Waals surface area contributed by atoms with Crippen molar-refractivity contribution in [3.63, 3.8) is 0 Å². The molecule has 6 nitrogen and oxygen atoms in total. The Hall–Kier alpha value is -1.02. The molecular weight excluding hydrogens is 314 g/mol. The Morgan fingerprint density at radius 2 is 2.04 bits per heavy atom. The summed E-state index contributed by atoms with van der Waals surface area (Å²) in [7, 11) is -3.23. The van der Waals surface area contributed by atoms with Crippen LogP contribution in [0.4, 0.5) is 0 Å². The minimum atomic E-state index is -3.23. The fraction of sp³-hybridized carbons (Fsp3) is 0.688. The van der Waals surface area contributed by atoms with Gasteiger partial charge in [-0.15, -0.1) is 0 Å². The smallest absolute Gasteiger partial charge is 0.214 e. The first-order valence-electron chi connectivity index (χ1n) is 8.37. The maximum atomic E-state index is 12.5. The van der Waals surface area contributed by atoms with Crippen molar-refractivity contribution < 1.29 is 13.2 Å². The third-order valence-corrected chi connectivity index (χ3v) is 6.69. The Kier molecular flexibility index (Phi) is 5.63. The molecule has 0 bridgehead atoms. The molecule has 0 radical (unpaired) electrons. The summed E-state index contributed by atoms with van der Waals surface area (Å²) >= 11 is 0. The van der Waals surface area contributed by atoms with E-state index in [1.807, 2.05) is 18.3 Å². The fourth-order valence-electron chi connectivity index (χ4n) is 3.43. The number of ether oxygens (including phenoxy) is 1. The summed E-state index contributed by atoms with van der Waals surface area (Å²) in [6.07, 6.45) is 7.16. The lowest BCUT2D eigenvalue weighted by Crippen LogP contribution is -2.45. The molecule has 128 valence electrons. The molecule has 23 heavy (non-hydrogen) atoms. The quantitative estimate of drug-likeness (QED) is 0.846. The minimum absolute atomic E-state index is 0.00350. The number of aromatic nitrogens is 1. The first-order valence-corrected chi connectivity index (χ1v) is 9.91. The van der Waals surface area contributed by atoms with Crippen molar-refractivity contribution in [2.45, 2.75) is 37.0 Å². The van der Waals surface area contributed by atoms with Crippen LogP contribution in [0.2, 0.25) is 0 Å². The van der Waals surface area contributed by atoms with Crippen molar-refractivity contribution >= 4 is 10.0 Å². The van der Waals surface area contributed by atoms with Crippen LogP contribution in [0.15, 0.2) is 24.5 Å². The zero-order valence-corrected chi connectivity index (χ0v) is 14.2. The van der Waals surface area contributed by atoms with E-state index in [4.69, 9.17) is 4.74 Å². The molecule has 1 aliphatic carbocycles. The zero-order chi connectivity index (χ0) is 16.1. The van der Waals surface area contributed by atoms with E-state index >= 15 is 0 Å². The molecule has 1 aromatic rings. The van der Waals surface area contributed by atoms with Crippen LogP contribution in [0, 0.1) is 0 Å². The van der Waals surface area contributed by atoms with Crippen molar-refractivity contribution in [3.8, 4) is 0 Å². The van der Waals surface area contributed by atoms with Crippen LogP contribution in [0.1, 0.15) is 37.3 Å². The number of pyridine rings is 1.